The van der Waals surface area contributed by atoms with Crippen molar-refractivity contribution in [2.45, 2.75) is 6.92 Å². The molecule has 2 amide bonds. The molecule has 8 heteroatoms. The van der Waals surface area contributed by atoms with Gasteiger partial charge in [-0.1, -0.05) is 6.07 Å². The Morgan fingerprint density at radius 2 is 1.77 bits per heavy atom. The molecule has 0 spiro atoms. The summed E-state index contributed by atoms with van der Waals surface area (Å²) in [5.41, 5.74) is 1.11. The van der Waals surface area contributed by atoms with Gasteiger partial charge in [-0.15, -0.1) is 10.2 Å². The first-order chi connectivity index (χ1) is 12.6. The van der Waals surface area contributed by atoms with E-state index in [0.717, 1.165) is 11.4 Å². The van der Waals surface area contributed by atoms with Gasteiger partial charge in [0.1, 0.15) is 5.75 Å². The first-order valence-corrected chi connectivity index (χ1v) is 8.36. The van der Waals surface area contributed by atoms with Crippen molar-refractivity contribution in [2.75, 3.05) is 38.6 Å². The van der Waals surface area contributed by atoms with Gasteiger partial charge in [0.05, 0.1) is 7.11 Å². The maximum absolute atomic E-state index is 12.5. The molecule has 0 atom stereocenters. The molecular formula is C18H21N5O3. The smallest absolute Gasteiger partial charge is 0.274 e. The Morgan fingerprint density at radius 3 is 2.38 bits per heavy atom. The number of hydrogen-bond acceptors (Lipinski definition) is 6. The van der Waals surface area contributed by atoms with Crippen LogP contribution in [0.5, 0.6) is 5.75 Å². The lowest BCUT2D eigenvalue weighted by molar-refractivity contribution is -0.130. The second-order valence-corrected chi connectivity index (χ2v) is 5.96. The van der Waals surface area contributed by atoms with Gasteiger partial charge in [-0.3, -0.25) is 9.59 Å². The van der Waals surface area contributed by atoms with Crippen molar-refractivity contribution in [1.29, 1.82) is 0 Å². The summed E-state index contributed by atoms with van der Waals surface area (Å²) in [4.78, 5) is 27.3. The van der Waals surface area contributed by atoms with E-state index in [9.17, 15) is 9.59 Å². The molecule has 1 aromatic carbocycles. The lowest BCUT2D eigenvalue weighted by atomic mass is 10.2. The van der Waals surface area contributed by atoms with Crippen LogP contribution in [0.15, 0.2) is 36.4 Å². The highest BCUT2D eigenvalue weighted by molar-refractivity contribution is 5.92. The fourth-order valence-electron chi connectivity index (χ4n) is 2.75. The van der Waals surface area contributed by atoms with E-state index < -0.39 is 0 Å². The van der Waals surface area contributed by atoms with Crippen LogP contribution in [0.1, 0.15) is 17.4 Å². The van der Waals surface area contributed by atoms with Crippen LogP contribution in [0.25, 0.3) is 0 Å². The van der Waals surface area contributed by atoms with E-state index in [1.165, 1.54) is 6.92 Å². The van der Waals surface area contributed by atoms with Crippen LogP contribution in [0.2, 0.25) is 0 Å². The van der Waals surface area contributed by atoms with Gasteiger partial charge in [0.2, 0.25) is 5.91 Å². The highest BCUT2D eigenvalue weighted by Gasteiger charge is 2.24. The van der Waals surface area contributed by atoms with Gasteiger partial charge < -0.3 is 19.9 Å². The third-order valence-corrected chi connectivity index (χ3v) is 4.24. The van der Waals surface area contributed by atoms with Crippen LogP contribution in [-0.2, 0) is 4.79 Å². The van der Waals surface area contributed by atoms with E-state index in [2.05, 4.69) is 15.5 Å². The Morgan fingerprint density at radius 1 is 1.04 bits per heavy atom. The number of ether oxygens (including phenoxy) is 1. The van der Waals surface area contributed by atoms with Crippen LogP contribution >= 0.6 is 0 Å². The lowest BCUT2D eigenvalue weighted by Gasteiger charge is -2.33. The third-order valence-electron chi connectivity index (χ3n) is 4.24. The van der Waals surface area contributed by atoms with Crippen molar-refractivity contribution in [3.63, 3.8) is 0 Å². The number of rotatable bonds is 4. The average Bonchev–Trinajstić information content (AvgIpc) is 2.68. The standard InChI is InChI=1S/C18H21N5O3/c1-13(24)22-8-10-23(11-9-22)18(25)16-6-7-17(21-20-16)19-14-4-3-5-15(12-14)26-2/h3-7,12H,8-11H2,1-2H3,(H,19,21). The number of amides is 2. The lowest BCUT2D eigenvalue weighted by Crippen LogP contribution is -2.50. The predicted molar refractivity (Wildman–Crippen MR) is 96.5 cm³/mol. The van der Waals surface area contributed by atoms with E-state index in [-0.39, 0.29) is 17.5 Å². The van der Waals surface area contributed by atoms with Gasteiger partial charge in [-0.25, -0.2) is 0 Å². The summed E-state index contributed by atoms with van der Waals surface area (Å²) in [6.45, 7) is 3.64. The third kappa shape index (κ3) is 4.08. The molecule has 0 saturated carbocycles. The molecule has 26 heavy (non-hydrogen) atoms. The number of nitrogens with zero attached hydrogens (tertiary/aromatic N) is 4. The van der Waals surface area contributed by atoms with Gasteiger partial charge in [-0.2, -0.15) is 0 Å². The fourth-order valence-corrected chi connectivity index (χ4v) is 2.75. The molecule has 2 heterocycles. The zero-order valence-corrected chi connectivity index (χ0v) is 14.8. The first kappa shape index (κ1) is 17.7. The molecule has 1 aliphatic rings. The Hall–Kier alpha value is -3.16. The summed E-state index contributed by atoms with van der Waals surface area (Å²) in [5, 5.41) is 11.2. The van der Waals surface area contributed by atoms with Gasteiger partial charge >= 0.3 is 0 Å². The number of hydrogen-bond donors (Lipinski definition) is 1. The van der Waals surface area contributed by atoms with Crippen molar-refractivity contribution in [1.82, 2.24) is 20.0 Å². The highest BCUT2D eigenvalue weighted by atomic mass is 16.5. The molecule has 1 aromatic heterocycles. The molecular weight excluding hydrogens is 334 g/mol. The summed E-state index contributed by atoms with van der Waals surface area (Å²) in [6, 6.07) is 10.8. The van der Waals surface area contributed by atoms with Crippen molar-refractivity contribution in [3.05, 3.63) is 42.1 Å². The minimum absolute atomic E-state index is 0.0323. The fraction of sp³-hybridized carbons (Fsp3) is 0.333. The van der Waals surface area contributed by atoms with Crippen LogP contribution in [0.4, 0.5) is 11.5 Å². The number of nitrogens with one attached hydrogen (secondary N) is 1. The molecule has 0 bridgehead atoms. The SMILES string of the molecule is COc1cccc(Nc2ccc(C(=O)N3CCN(C(C)=O)CC3)nn2)c1. The predicted octanol–water partition coefficient (Wildman–Crippen LogP) is 1.53. The molecule has 3 rings (SSSR count). The maximum Gasteiger partial charge on any atom is 0.274 e. The van der Waals surface area contributed by atoms with Gasteiger partial charge in [0.25, 0.3) is 5.91 Å². The van der Waals surface area contributed by atoms with Crippen LogP contribution in [-0.4, -0.2) is 65.1 Å². The number of methoxy groups -OCH3 is 1. The number of aromatic nitrogens is 2. The molecule has 0 radical (unpaired) electrons. The topological polar surface area (TPSA) is 87.7 Å². The van der Waals surface area contributed by atoms with E-state index in [4.69, 9.17) is 4.74 Å². The molecule has 0 unspecified atom stereocenters. The summed E-state index contributed by atoms with van der Waals surface area (Å²) in [6.07, 6.45) is 0. The number of carbonyl (C=O) groups is 2. The Balaban J connectivity index is 1.62. The largest absolute Gasteiger partial charge is 0.497 e. The van der Waals surface area contributed by atoms with Crippen molar-refractivity contribution < 1.29 is 14.3 Å². The number of benzene rings is 1. The molecule has 1 N–H and O–H groups in total. The second-order valence-electron chi connectivity index (χ2n) is 5.96. The Kier molecular flexibility index (Phi) is 5.31. The van der Waals surface area contributed by atoms with Gasteiger partial charge in [0.15, 0.2) is 11.5 Å². The normalized spacial score (nSPS) is 14.1. The zero-order valence-electron chi connectivity index (χ0n) is 14.8. The quantitative estimate of drug-likeness (QED) is 0.895. The van der Waals surface area contributed by atoms with Crippen molar-refractivity contribution in [3.8, 4) is 5.75 Å². The Bertz CT molecular complexity index is 786. The Labute approximate surface area is 151 Å². The molecule has 2 aromatic rings. The molecule has 1 fully saturated rings. The van der Waals surface area contributed by atoms with Gasteiger partial charge in [-0.05, 0) is 24.3 Å². The average molecular weight is 355 g/mol. The molecule has 1 saturated heterocycles. The van der Waals surface area contributed by atoms with Gasteiger partial charge in [0, 0.05) is 44.9 Å². The summed E-state index contributed by atoms with van der Waals surface area (Å²) < 4.78 is 5.18. The zero-order chi connectivity index (χ0) is 18.5. The minimum Gasteiger partial charge on any atom is -0.497 e. The summed E-state index contributed by atoms with van der Waals surface area (Å²) in [5.74, 6) is 1.13. The van der Waals surface area contributed by atoms with E-state index in [1.54, 1.807) is 29.0 Å². The van der Waals surface area contributed by atoms with Crippen LogP contribution < -0.4 is 10.1 Å². The second kappa shape index (κ2) is 7.81. The van der Waals surface area contributed by atoms with Crippen LogP contribution in [0, 0.1) is 0 Å². The monoisotopic (exact) mass is 355 g/mol. The van der Waals surface area contributed by atoms with Crippen molar-refractivity contribution in [2.24, 2.45) is 0 Å². The highest BCUT2D eigenvalue weighted by Crippen LogP contribution is 2.20. The number of anilines is 2. The molecule has 1 aliphatic heterocycles. The van der Waals surface area contributed by atoms with Crippen molar-refractivity contribution >= 4 is 23.3 Å². The van der Waals surface area contributed by atoms with Crippen LogP contribution in [0.3, 0.4) is 0 Å². The molecule has 136 valence electrons. The summed E-state index contributed by atoms with van der Waals surface area (Å²) >= 11 is 0. The maximum atomic E-state index is 12.5. The summed E-state index contributed by atoms with van der Waals surface area (Å²) in [7, 11) is 1.61. The number of carbonyl (C=O) groups excluding carboxylic acids is 2. The van der Waals surface area contributed by atoms with E-state index in [0.29, 0.717) is 32.0 Å². The number of piperazine rings is 1. The molecule has 0 aliphatic carbocycles. The first-order valence-electron chi connectivity index (χ1n) is 8.36. The minimum atomic E-state index is -0.173. The van der Waals surface area contributed by atoms with E-state index in [1.807, 2.05) is 24.3 Å². The molecule has 8 nitrogen and oxygen atoms in total. The van der Waals surface area contributed by atoms with E-state index >= 15 is 0 Å².